The van der Waals surface area contributed by atoms with Crippen molar-refractivity contribution in [1.82, 2.24) is 10.2 Å². The number of hydrogen-bond acceptors (Lipinski definition) is 3. The number of carboxylic acid groups (broad SMARTS) is 1. The Bertz CT molecular complexity index is 277. The van der Waals surface area contributed by atoms with Gasteiger partial charge >= 0.3 is 12.0 Å². The number of carbonyl (C=O) groups is 2. The molecule has 17 heavy (non-hydrogen) atoms. The van der Waals surface area contributed by atoms with Crippen LogP contribution in [0.1, 0.15) is 26.7 Å². The Morgan fingerprint density at radius 1 is 1.59 bits per heavy atom. The summed E-state index contributed by atoms with van der Waals surface area (Å²) < 4.78 is 5.46. The lowest BCUT2D eigenvalue weighted by Crippen LogP contribution is -2.49. The number of urea groups is 1. The molecule has 1 saturated heterocycles. The molecule has 98 valence electrons. The van der Waals surface area contributed by atoms with Gasteiger partial charge in [0, 0.05) is 13.2 Å². The molecular weight excluding hydrogens is 224 g/mol. The van der Waals surface area contributed by atoms with Crippen molar-refractivity contribution in [2.45, 2.75) is 38.8 Å². The monoisotopic (exact) mass is 244 g/mol. The van der Waals surface area contributed by atoms with Crippen LogP contribution in [-0.2, 0) is 9.53 Å². The van der Waals surface area contributed by atoms with E-state index in [1.54, 1.807) is 6.92 Å². The summed E-state index contributed by atoms with van der Waals surface area (Å²) >= 11 is 0. The summed E-state index contributed by atoms with van der Waals surface area (Å²) in [6.07, 6.45) is 1.99. The Balaban J connectivity index is 2.42. The Morgan fingerprint density at radius 3 is 2.76 bits per heavy atom. The van der Waals surface area contributed by atoms with Gasteiger partial charge in [0.15, 0.2) is 0 Å². The fourth-order valence-corrected chi connectivity index (χ4v) is 1.87. The average molecular weight is 244 g/mol. The molecule has 0 aromatic carbocycles. The molecule has 0 aromatic rings. The Labute approximate surface area is 101 Å². The topological polar surface area (TPSA) is 78.9 Å². The molecule has 0 spiro atoms. The van der Waals surface area contributed by atoms with Gasteiger partial charge in [-0.05, 0) is 26.7 Å². The van der Waals surface area contributed by atoms with Crippen LogP contribution in [-0.4, -0.2) is 53.8 Å². The highest BCUT2D eigenvalue weighted by Crippen LogP contribution is 2.15. The number of amides is 2. The second-order valence-corrected chi connectivity index (χ2v) is 4.20. The molecule has 6 nitrogen and oxygen atoms in total. The third kappa shape index (κ3) is 4.22. The molecule has 2 atom stereocenters. The van der Waals surface area contributed by atoms with Crippen LogP contribution in [0.25, 0.3) is 0 Å². The van der Waals surface area contributed by atoms with E-state index in [1.807, 2.05) is 6.92 Å². The lowest BCUT2D eigenvalue weighted by Gasteiger charge is -2.25. The second-order valence-electron chi connectivity index (χ2n) is 4.20. The molecule has 0 bridgehead atoms. The van der Waals surface area contributed by atoms with Crippen LogP contribution in [0.4, 0.5) is 4.79 Å². The summed E-state index contributed by atoms with van der Waals surface area (Å²) in [5, 5.41) is 11.4. The molecule has 0 aliphatic carbocycles. The van der Waals surface area contributed by atoms with E-state index in [2.05, 4.69) is 5.32 Å². The van der Waals surface area contributed by atoms with Gasteiger partial charge in [0.1, 0.15) is 6.54 Å². The third-order valence-electron chi connectivity index (χ3n) is 2.87. The zero-order valence-electron chi connectivity index (χ0n) is 10.3. The summed E-state index contributed by atoms with van der Waals surface area (Å²) in [6, 6.07) is -0.439. The number of carbonyl (C=O) groups excluding carboxylic acids is 1. The first kappa shape index (κ1) is 13.8. The number of nitrogens with zero attached hydrogens (tertiary/aromatic N) is 1. The predicted molar refractivity (Wildman–Crippen MR) is 61.9 cm³/mol. The maximum atomic E-state index is 11.8. The average Bonchev–Trinajstić information content (AvgIpc) is 2.78. The molecule has 6 heteroatoms. The Hall–Kier alpha value is -1.30. The highest BCUT2D eigenvalue weighted by molar-refractivity contribution is 5.80. The summed E-state index contributed by atoms with van der Waals surface area (Å²) in [5.74, 6) is -1.01. The first-order chi connectivity index (χ1) is 8.04. The van der Waals surface area contributed by atoms with Gasteiger partial charge in [-0.2, -0.15) is 0 Å². The minimum Gasteiger partial charge on any atom is -0.480 e. The van der Waals surface area contributed by atoms with Crippen molar-refractivity contribution in [2.75, 3.05) is 19.7 Å². The Kier molecular flexibility index (Phi) is 5.21. The van der Waals surface area contributed by atoms with Gasteiger partial charge in [-0.15, -0.1) is 0 Å². The van der Waals surface area contributed by atoms with Gasteiger partial charge in [0.2, 0.25) is 0 Å². The molecule has 1 fully saturated rings. The van der Waals surface area contributed by atoms with Gasteiger partial charge in [0.05, 0.1) is 12.1 Å². The second kappa shape index (κ2) is 6.44. The molecule has 1 heterocycles. The van der Waals surface area contributed by atoms with E-state index in [0.717, 1.165) is 19.4 Å². The zero-order chi connectivity index (χ0) is 12.8. The van der Waals surface area contributed by atoms with Crippen molar-refractivity contribution in [3.8, 4) is 0 Å². The first-order valence-electron chi connectivity index (χ1n) is 5.93. The van der Waals surface area contributed by atoms with Crippen molar-refractivity contribution >= 4 is 12.0 Å². The number of carboxylic acids is 1. The summed E-state index contributed by atoms with van der Waals surface area (Å²) in [5.41, 5.74) is 0. The molecule has 1 aliphatic heterocycles. The largest absolute Gasteiger partial charge is 0.480 e. The summed E-state index contributed by atoms with van der Waals surface area (Å²) in [7, 11) is 0. The smallest absolute Gasteiger partial charge is 0.323 e. The van der Waals surface area contributed by atoms with E-state index < -0.39 is 5.97 Å². The molecule has 0 aromatic heterocycles. The van der Waals surface area contributed by atoms with Gasteiger partial charge in [-0.1, -0.05) is 0 Å². The van der Waals surface area contributed by atoms with Gasteiger partial charge < -0.3 is 20.1 Å². The number of hydrogen-bond donors (Lipinski definition) is 2. The van der Waals surface area contributed by atoms with E-state index >= 15 is 0 Å². The number of nitrogens with one attached hydrogen (secondary N) is 1. The maximum absolute atomic E-state index is 11.8. The molecule has 2 N–H and O–H groups in total. The van der Waals surface area contributed by atoms with Crippen molar-refractivity contribution in [1.29, 1.82) is 0 Å². The minimum absolute atomic E-state index is 0.0440. The minimum atomic E-state index is -1.01. The number of likely N-dealkylation sites (N-methyl/N-ethyl adjacent to an activating group) is 1. The normalized spacial score (nSPS) is 20.9. The molecule has 1 aliphatic rings. The Morgan fingerprint density at radius 2 is 2.29 bits per heavy atom. The van der Waals surface area contributed by atoms with Crippen molar-refractivity contribution in [3.63, 3.8) is 0 Å². The highest BCUT2D eigenvalue weighted by atomic mass is 16.5. The van der Waals surface area contributed by atoms with Crippen LogP contribution in [0.15, 0.2) is 0 Å². The molecular formula is C11H20N2O4. The zero-order valence-corrected chi connectivity index (χ0v) is 10.3. The van der Waals surface area contributed by atoms with E-state index in [4.69, 9.17) is 9.84 Å². The number of ether oxygens (including phenoxy) is 1. The predicted octanol–water partition coefficient (Wildman–Crippen LogP) is 0.670. The first-order valence-corrected chi connectivity index (χ1v) is 5.93. The van der Waals surface area contributed by atoms with E-state index in [-0.39, 0.29) is 24.7 Å². The van der Waals surface area contributed by atoms with E-state index in [9.17, 15) is 9.59 Å². The van der Waals surface area contributed by atoms with Gasteiger partial charge in [-0.25, -0.2) is 4.79 Å². The molecule has 2 unspecified atom stereocenters. The molecule has 2 amide bonds. The van der Waals surface area contributed by atoms with Crippen molar-refractivity contribution < 1.29 is 19.4 Å². The molecule has 0 saturated carbocycles. The van der Waals surface area contributed by atoms with E-state index in [0.29, 0.717) is 6.54 Å². The van der Waals surface area contributed by atoms with Crippen LogP contribution in [0.3, 0.4) is 0 Å². The fourth-order valence-electron chi connectivity index (χ4n) is 1.87. The van der Waals surface area contributed by atoms with Crippen molar-refractivity contribution in [3.05, 3.63) is 0 Å². The van der Waals surface area contributed by atoms with Crippen LogP contribution in [0.5, 0.6) is 0 Å². The quantitative estimate of drug-likeness (QED) is 0.745. The number of aliphatic carboxylic acids is 1. The van der Waals surface area contributed by atoms with Crippen LogP contribution in [0, 0.1) is 0 Å². The third-order valence-corrected chi connectivity index (χ3v) is 2.87. The lowest BCUT2D eigenvalue weighted by atomic mass is 10.1. The summed E-state index contributed by atoms with van der Waals surface area (Å²) in [4.78, 5) is 23.6. The highest BCUT2D eigenvalue weighted by Gasteiger charge is 2.25. The van der Waals surface area contributed by atoms with Gasteiger partial charge in [-0.3, -0.25) is 4.79 Å². The fraction of sp³-hybridized carbons (Fsp3) is 0.818. The maximum Gasteiger partial charge on any atom is 0.323 e. The van der Waals surface area contributed by atoms with E-state index in [1.165, 1.54) is 4.90 Å². The molecule has 1 rings (SSSR count). The lowest BCUT2D eigenvalue weighted by molar-refractivity contribution is -0.137. The van der Waals surface area contributed by atoms with Gasteiger partial charge in [0.25, 0.3) is 0 Å². The SMILES string of the molecule is CCN(CC(=O)O)C(=O)NC(C)C1CCCO1. The molecule has 0 radical (unpaired) electrons. The van der Waals surface area contributed by atoms with Crippen molar-refractivity contribution in [2.24, 2.45) is 0 Å². The van der Waals surface area contributed by atoms with Crippen LogP contribution >= 0.6 is 0 Å². The summed E-state index contributed by atoms with van der Waals surface area (Å²) in [6.45, 7) is 4.45. The number of rotatable bonds is 5. The standard InChI is InChI=1S/C11H20N2O4/c1-3-13(7-10(14)15)11(16)12-8(2)9-5-4-6-17-9/h8-9H,3-7H2,1-2H3,(H,12,16)(H,14,15). The van der Waals surface area contributed by atoms with Crippen LogP contribution < -0.4 is 5.32 Å². The van der Waals surface area contributed by atoms with Crippen LogP contribution in [0.2, 0.25) is 0 Å².